The fourth-order valence-corrected chi connectivity index (χ4v) is 2.41. The standard InChI is InChI=1S/C18H21N3O2/c1-11-3-8-17(23-2)16(9-11)21-15-7-4-12(19)10-14(15)18(22)20-13-5-6-13/h3-4,7-10,13,21H,5-6,19H2,1-2H3,(H,20,22). The van der Waals surface area contributed by atoms with Crippen molar-refractivity contribution in [2.45, 2.75) is 25.8 Å². The minimum atomic E-state index is -0.103. The monoisotopic (exact) mass is 311 g/mol. The van der Waals surface area contributed by atoms with Crippen molar-refractivity contribution < 1.29 is 9.53 Å². The summed E-state index contributed by atoms with van der Waals surface area (Å²) in [7, 11) is 1.62. The fraction of sp³-hybridized carbons (Fsp3) is 0.278. The Kier molecular flexibility index (Phi) is 4.10. The predicted octanol–water partition coefficient (Wildman–Crippen LogP) is 3.22. The van der Waals surface area contributed by atoms with E-state index >= 15 is 0 Å². The second-order valence-corrected chi connectivity index (χ2v) is 5.88. The Labute approximate surface area is 135 Å². The summed E-state index contributed by atoms with van der Waals surface area (Å²) in [5, 5.41) is 6.29. The molecule has 0 saturated heterocycles. The van der Waals surface area contributed by atoms with Gasteiger partial charge in [-0.05, 0) is 55.7 Å². The first kappa shape index (κ1) is 15.2. The van der Waals surface area contributed by atoms with Crippen LogP contribution in [-0.4, -0.2) is 19.1 Å². The molecule has 1 aliphatic rings. The largest absolute Gasteiger partial charge is 0.495 e. The number of anilines is 3. The number of hydrogen-bond donors (Lipinski definition) is 3. The van der Waals surface area contributed by atoms with E-state index < -0.39 is 0 Å². The van der Waals surface area contributed by atoms with Gasteiger partial charge in [0.15, 0.2) is 0 Å². The molecule has 0 aromatic heterocycles. The van der Waals surface area contributed by atoms with Crippen molar-refractivity contribution in [1.29, 1.82) is 0 Å². The Morgan fingerprint density at radius 1 is 1.17 bits per heavy atom. The van der Waals surface area contributed by atoms with Gasteiger partial charge in [0.1, 0.15) is 5.75 Å². The topological polar surface area (TPSA) is 76.4 Å². The summed E-state index contributed by atoms with van der Waals surface area (Å²) >= 11 is 0. The van der Waals surface area contributed by atoms with Gasteiger partial charge >= 0.3 is 0 Å². The van der Waals surface area contributed by atoms with Gasteiger partial charge < -0.3 is 21.1 Å². The highest BCUT2D eigenvalue weighted by molar-refractivity contribution is 6.01. The van der Waals surface area contributed by atoms with Crippen LogP contribution in [0.4, 0.5) is 17.1 Å². The van der Waals surface area contributed by atoms with Crippen molar-refractivity contribution in [3.8, 4) is 5.75 Å². The van der Waals surface area contributed by atoms with Crippen LogP contribution in [0.2, 0.25) is 0 Å². The zero-order valence-corrected chi connectivity index (χ0v) is 13.3. The summed E-state index contributed by atoms with van der Waals surface area (Å²) in [5.74, 6) is 0.620. The highest BCUT2D eigenvalue weighted by Crippen LogP contribution is 2.31. The van der Waals surface area contributed by atoms with Crippen LogP contribution in [-0.2, 0) is 0 Å². The molecule has 0 spiro atoms. The molecule has 0 bridgehead atoms. The lowest BCUT2D eigenvalue weighted by molar-refractivity contribution is 0.0952. The van der Waals surface area contributed by atoms with Crippen LogP contribution in [0.5, 0.6) is 5.75 Å². The molecular weight excluding hydrogens is 290 g/mol. The highest BCUT2D eigenvalue weighted by Gasteiger charge is 2.25. The van der Waals surface area contributed by atoms with Gasteiger partial charge in [-0.1, -0.05) is 6.07 Å². The smallest absolute Gasteiger partial charge is 0.253 e. The normalized spacial score (nSPS) is 13.5. The van der Waals surface area contributed by atoms with E-state index in [1.807, 2.05) is 31.2 Å². The van der Waals surface area contributed by atoms with E-state index in [0.29, 0.717) is 23.0 Å². The predicted molar refractivity (Wildman–Crippen MR) is 92.4 cm³/mol. The number of methoxy groups -OCH3 is 1. The zero-order valence-electron chi connectivity index (χ0n) is 13.3. The Morgan fingerprint density at radius 2 is 1.96 bits per heavy atom. The molecule has 23 heavy (non-hydrogen) atoms. The summed E-state index contributed by atoms with van der Waals surface area (Å²) < 4.78 is 5.38. The molecule has 5 heteroatoms. The number of aryl methyl sites for hydroxylation is 1. The molecule has 1 saturated carbocycles. The Morgan fingerprint density at radius 3 is 2.65 bits per heavy atom. The van der Waals surface area contributed by atoms with E-state index in [9.17, 15) is 4.79 Å². The van der Waals surface area contributed by atoms with Crippen LogP contribution in [0.3, 0.4) is 0 Å². The van der Waals surface area contributed by atoms with E-state index in [1.165, 1.54) is 0 Å². The highest BCUT2D eigenvalue weighted by atomic mass is 16.5. The van der Waals surface area contributed by atoms with Gasteiger partial charge in [0.2, 0.25) is 0 Å². The van der Waals surface area contributed by atoms with E-state index in [-0.39, 0.29) is 5.91 Å². The third-order valence-corrected chi connectivity index (χ3v) is 3.83. The molecule has 4 N–H and O–H groups in total. The molecule has 0 unspecified atom stereocenters. The van der Waals surface area contributed by atoms with E-state index in [4.69, 9.17) is 10.5 Å². The molecule has 0 heterocycles. The van der Waals surface area contributed by atoms with Crippen LogP contribution in [0, 0.1) is 6.92 Å². The quantitative estimate of drug-likeness (QED) is 0.741. The first-order chi connectivity index (χ1) is 11.1. The number of ether oxygens (including phenoxy) is 1. The summed E-state index contributed by atoms with van der Waals surface area (Å²) in [6.45, 7) is 2.01. The number of carbonyl (C=O) groups excluding carboxylic acids is 1. The molecule has 3 rings (SSSR count). The van der Waals surface area contributed by atoms with Gasteiger partial charge in [-0.2, -0.15) is 0 Å². The molecular formula is C18H21N3O2. The Hall–Kier alpha value is -2.69. The fourth-order valence-electron chi connectivity index (χ4n) is 2.41. The zero-order chi connectivity index (χ0) is 16.4. The summed E-state index contributed by atoms with van der Waals surface area (Å²) in [6.07, 6.45) is 2.09. The van der Waals surface area contributed by atoms with Gasteiger partial charge in [0, 0.05) is 11.7 Å². The second kappa shape index (κ2) is 6.20. The molecule has 0 radical (unpaired) electrons. The van der Waals surface area contributed by atoms with Gasteiger partial charge in [-0.25, -0.2) is 0 Å². The van der Waals surface area contributed by atoms with Crippen LogP contribution in [0.25, 0.3) is 0 Å². The van der Waals surface area contributed by atoms with Crippen molar-refractivity contribution in [3.63, 3.8) is 0 Å². The average molecular weight is 311 g/mol. The SMILES string of the molecule is COc1ccc(C)cc1Nc1ccc(N)cc1C(=O)NC1CC1. The van der Waals surface area contributed by atoms with Crippen LogP contribution < -0.4 is 21.1 Å². The third-order valence-electron chi connectivity index (χ3n) is 3.83. The Bertz CT molecular complexity index is 739. The number of amides is 1. The van der Waals surface area contributed by atoms with Crippen molar-refractivity contribution in [3.05, 3.63) is 47.5 Å². The number of nitrogens with two attached hydrogens (primary N) is 1. The first-order valence-corrected chi connectivity index (χ1v) is 7.69. The maximum absolute atomic E-state index is 12.4. The van der Waals surface area contributed by atoms with Gasteiger partial charge in [0.25, 0.3) is 5.91 Å². The van der Waals surface area contributed by atoms with Crippen LogP contribution in [0.15, 0.2) is 36.4 Å². The Balaban J connectivity index is 1.93. The van der Waals surface area contributed by atoms with Gasteiger partial charge in [0.05, 0.1) is 24.0 Å². The van der Waals surface area contributed by atoms with E-state index in [0.717, 1.165) is 29.8 Å². The summed E-state index contributed by atoms with van der Waals surface area (Å²) in [5.41, 5.74) is 9.59. The molecule has 2 aromatic carbocycles. The van der Waals surface area contributed by atoms with E-state index in [1.54, 1.807) is 19.2 Å². The number of rotatable bonds is 5. The lowest BCUT2D eigenvalue weighted by atomic mass is 10.1. The van der Waals surface area contributed by atoms with Crippen LogP contribution in [0.1, 0.15) is 28.8 Å². The van der Waals surface area contributed by atoms with Gasteiger partial charge in [-0.3, -0.25) is 4.79 Å². The lowest BCUT2D eigenvalue weighted by Gasteiger charge is -2.15. The van der Waals surface area contributed by atoms with Crippen molar-refractivity contribution >= 4 is 23.0 Å². The van der Waals surface area contributed by atoms with E-state index in [2.05, 4.69) is 10.6 Å². The molecule has 1 aliphatic carbocycles. The average Bonchev–Trinajstić information content (AvgIpc) is 3.33. The van der Waals surface area contributed by atoms with Crippen molar-refractivity contribution in [1.82, 2.24) is 5.32 Å². The third kappa shape index (κ3) is 3.56. The maximum Gasteiger partial charge on any atom is 0.253 e. The number of carbonyl (C=O) groups is 1. The minimum Gasteiger partial charge on any atom is -0.495 e. The number of benzene rings is 2. The molecule has 0 aliphatic heterocycles. The number of hydrogen-bond acceptors (Lipinski definition) is 4. The number of nitrogen functional groups attached to an aromatic ring is 1. The second-order valence-electron chi connectivity index (χ2n) is 5.88. The maximum atomic E-state index is 12.4. The molecule has 0 atom stereocenters. The molecule has 2 aromatic rings. The van der Waals surface area contributed by atoms with Crippen molar-refractivity contribution in [2.75, 3.05) is 18.2 Å². The molecule has 1 fully saturated rings. The van der Waals surface area contributed by atoms with Crippen molar-refractivity contribution in [2.24, 2.45) is 0 Å². The summed E-state index contributed by atoms with van der Waals surface area (Å²) in [4.78, 5) is 12.4. The molecule has 1 amide bonds. The first-order valence-electron chi connectivity index (χ1n) is 7.69. The minimum absolute atomic E-state index is 0.103. The number of nitrogens with one attached hydrogen (secondary N) is 2. The van der Waals surface area contributed by atoms with Crippen LogP contribution >= 0.6 is 0 Å². The molecule has 5 nitrogen and oxygen atoms in total. The lowest BCUT2D eigenvalue weighted by Crippen LogP contribution is -2.26. The van der Waals surface area contributed by atoms with Gasteiger partial charge in [-0.15, -0.1) is 0 Å². The molecule has 120 valence electrons. The summed E-state index contributed by atoms with van der Waals surface area (Å²) in [6, 6.07) is 11.5.